The summed E-state index contributed by atoms with van der Waals surface area (Å²) < 4.78 is 7.03. The molecule has 1 N–H and O–H groups in total. The fourth-order valence-electron chi connectivity index (χ4n) is 2.99. The van der Waals surface area contributed by atoms with E-state index in [2.05, 4.69) is 20.5 Å². The average molecular weight is 403 g/mol. The van der Waals surface area contributed by atoms with Gasteiger partial charge < -0.3 is 4.42 Å². The lowest BCUT2D eigenvalue weighted by molar-refractivity contribution is -0.116. The van der Waals surface area contributed by atoms with Crippen LogP contribution in [-0.2, 0) is 11.3 Å². The lowest BCUT2D eigenvalue weighted by Crippen LogP contribution is -2.27. The van der Waals surface area contributed by atoms with Gasteiger partial charge in [0, 0.05) is 5.39 Å². The normalized spacial score (nSPS) is 11.2. The number of nitrogens with zero attached hydrogens (tertiary/aromatic N) is 4. The van der Waals surface area contributed by atoms with E-state index in [0.717, 1.165) is 11.0 Å². The Balaban J connectivity index is 1.34. The number of hydrogen-bond donors (Lipinski definition) is 1. The molecule has 3 heterocycles. The van der Waals surface area contributed by atoms with Gasteiger partial charge in [0.1, 0.15) is 12.1 Å². The molecule has 0 unspecified atom stereocenters. The van der Waals surface area contributed by atoms with Crippen molar-refractivity contribution in [3.05, 3.63) is 71.3 Å². The zero-order valence-electron chi connectivity index (χ0n) is 14.9. The highest BCUT2D eigenvalue weighted by Crippen LogP contribution is 2.31. The molecule has 0 radical (unpaired) electrons. The molecule has 0 aliphatic heterocycles. The summed E-state index contributed by atoms with van der Waals surface area (Å²) in [7, 11) is 0. The maximum Gasteiger partial charge on any atom is 0.261 e. The molecule has 0 aliphatic rings. The van der Waals surface area contributed by atoms with Gasteiger partial charge in [-0.15, -0.1) is 10.2 Å². The van der Waals surface area contributed by atoms with Gasteiger partial charge in [0.05, 0.1) is 17.2 Å². The van der Waals surface area contributed by atoms with Crippen LogP contribution in [0.1, 0.15) is 0 Å². The van der Waals surface area contributed by atoms with E-state index in [1.807, 2.05) is 30.3 Å². The zero-order chi connectivity index (χ0) is 19.8. The summed E-state index contributed by atoms with van der Waals surface area (Å²) >= 11 is 1.20. The van der Waals surface area contributed by atoms with E-state index in [1.165, 1.54) is 22.2 Å². The molecule has 0 bridgehead atoms. The van der Waals surface area contributed by atoms with Gasteiger partial charge in [-0.2, -0.15) is 0 Å². The van der Waals surface area contributed by atoms with Gasteiger partial charge in [-0.1, -0.05) is 41.7 Å². The van der Waals surface area contributed by atoms with Crippen molar-refractivity contribution in [3.8, 4) is 10.8 Å². The molecule has 0 aliphatic carbocycles. The predicted octanol–water partition coefficient (Wildman–Crippen LogP) is 3.30. The van der Waals surface area contributed by atoms with Crippen LogP contribution < -0.4 is 10.9 Å². The maximum absolute atomic E-state index is 12.5. The average Bonchev–Trinajstić information content (AvgIpc) is 3.37. The van der Waals surface area contributed by atoms with E-state index in [0.29, 0.717) is 26.8 Å². The molecule has 0 fully saturated rings. The Bertz CT molecular complexity index is 1390. The number of para-hydroxylation sites is 2. The molecular weight excluding hydrogens is 390 g/mol. The second kappa shape index (κ2) is 6.95. The van der Waals surface area contributed by atoms with Crippen molar-refractivity contribution in [2.24, 2.45) is 0 Å². The Labute approximate surface area is 167 Å². The summed E-state index contributed by atoms with van der Waals surface area (Å²) in [6.07, 6.45) is 1.37. The van der Waals surface area contributed by atoms with Crippen LogP contribution in [0.2, 0.25) is 0 Å². The zero-order valence-corrected chi connectivity index (χ0v) is 15.7. The number of hydrogen-bond acceptors (Lipinski definition) is 7. The second-order valence-electron chi connectivity index (χ2n) is 6.30. The number of amides is 1. The summed E-state index contributed by atoms with van der Waals surface area (Å²) in [5.74, 6) is 0.190. The van der Waals surface area contributed by atoms with Crippen molar-refractivity contribution < 1.29 is 9.21 Å². The van der Waals surface area contributed by atoms with Gasteiger partial charge in [0.2, 0.25) is 11.0 Å². The van der Waals surface area contributed by atoms with Gasteiger partial charge in [-0.3, -0.25) is 19.5 Å². The van der Waals surface area contributed by atoms with E-state index in [4.69, 9.17) is 4.42 Å². The second-order valence-corrected chi connectivity index (χ2v) is 7.28. The Hall–Kier alpha value is -3.85. The van der Waals surface area contributed by atoms with Crippen LogP contribution in [0.3, 0.4) is 0 Å². The largest absolute Gasteiger partial charge is 0.453 e. The molecule has 1 amide bonds. The highest BCUT2D eigenvalue weighted by Gasteiger charge is 2.14. The van der Waals surface area contributed by atoms with Gasteiger partial charge in [-0.25, -0.2) is 4.98 Å². The molecule has 2 aromatic carbocycles. The number of fused-ring (bicyclic) bond motifs is 2. The fraction of sp³-hybridized carbons (Fsp3) is 0.0500. The third-order valence-corrected chi connectivity index (χ3v) is 5.21. The number of anilines is 1. The van der Waals surface area contributed by atoms with Crippen LogP contribution in [0.25, 0.3) is 32.6 Å². The van der Waals surface area contributed by atoms with Crippen molar-refractivity contribution in [1.82, 2.24) is 19.7 Å². The van der Waals surface area contributed by atoms with E-state index in [1.54, 1.807) is 24.3 Å². The van der Waals surface area contributed by atoms with Crippen LogP contribution in [0.4, 0.5) is 5.13 Å². The first kappa shape index (κ1) is 17.3. The lowest BCUT2D eigenvalue weighted by Gasteiger charge is -2.05. The Morgan fingerprint density at radius 3 is 2.83 bits per heavy atom. The third kappa shape index (κ3) is 3.27. The van der Waals surface area contributed by atoms with E-state index in [9.17, 15) is 9.59 Å². The van der Waals surface area contributed by atoms with Crippen LogP contribution in [-0.4, -0.2) is 25.7 Å². The molecule has 8 nitrogen and oxygen atoms in total. The summed E-state index contributed by atoms with van der Waals surface area (Å²) in [6, 6.07) is 16.5. The van der Waals surface area contributed by atoms with Crippen molar-refractivity contribution in [2.75, 3.05) is 5.32 Å². The van der Waals surface area contributed by atoms with Gasteiger partial charge in [0.25, 0.3) is 5.56 Å². The topological polar surface area (TPSA) is 103 Å². The molecular formula is C20H13N5O3S. The number of furan rings is 1. The Morgan fingerprint density at radius 2 is 1.93 bits per heavy atom. The molecule has 0 atom stereocenters. The molecule has 5 rings (SSSR count). The summed E-state index contributed by atoms with van der Waals surface area (Å²) in [6.45, 7) is -0.170. The molecule has 29 heavy (non-hydrogen) atoms. The summed E-state index contributed by atoms with van der Waals surface area (Å²) in [5, 5.41) is 13.0. The number of aromatic nitrogens is 4. The van der Waals surface area contributed by atoms with E-state index < -0.39 is 5.91 Å². The molecule has 0 spiro atoms. The number of nitrogens with one attached hydrogen (secondary N) is 1. The molecule has 5 aromatic rings. The van der Waals surface area contributed by atoms with Crippen molar-refractivity contribution in [2.45, 2.75) is 6.54 Å². The minimum absolute atomic E-state index is 0.170. The monoisotopic (exact) mass is 403 g/mol. The number of benzene rings is 2. The highest BCUT2D eigenvalue weighted by molar-refractivity contribution is 7.18. The van der Waals surface area contributed by atoms with Crippen LogP contribution in [0.15, 0.2) is 70.1 Å². The highest BCUT2D eigenvalue weighted by atomic mass is 32.1. The number of rotatable bonds is 4. The summed E-state index contributed by atoms with van der Waals surface area (Å²) in [5.41, 5.74) is 1.08. The molecule has 3 aromatic heterocycles. The minimum atomic E-state index is -0.392. The molecule has 0 saturated carbocycles. The number of carbonyl (C=O) groups is 1. The van der Waals surface area contributed by atoms with Crippen molar-refractivity contribution >= 4 is 44.2 Å². The van der Waals surface area contributed by atoms with E-state index in [-0.39, 0.29) is 12.1 Å². The lowest BCUT2D eigenvalue weighted by atomic mass is 10.2. The van der Waals surface area contributed by atoms with Crippen LogP contribution in [0.5, 0.6) is 0 Å². The van der Waals surface area contributed by atoms with Gasteiger partial charge in [-0.05, 0) is 24.3 Å². The number of carbonyl (C=O) groups excluding carboxylic acids is 1. The van der Waals surface area contributed by atoms with Crippen molar-refractivity contribution in [1.29, 1.82) is 0 Å². The Morgan fingerprint density at radius 1 is 1.10 bits per heavy atom. The maximum atomic E-state index is 12.5. The predicted molar refractivity (Wildman–Crippen MR) is 110 cm³/mol. The molecule has 0 saturated heterocycles. The smallest absolute Gasteiger partial charge is 0.261 e. The van der Waals surface area contributed by atoms with Crippen LogP contribution >= 0.6 is 11.3 Å². The molecule has 9 heteroatoms. The van der Waals surface area contributed by atoms with Crippen molar-refractivity contribution in [3.63, 3.8) is 0 Å². The standard InChI is InChI=1S/C20H13N5O3S/c26-17(10-25-11-21-14-7-3-2-6-13(14)19(25)27)22-20-24-23-18(29-20)16-9-12-5-1-4-8-15(12)28-16/h1-9,11H,10H2,(H,22,24,26). The van der Waals surface area contributed by atoms with Gasteiger partial charge in [0.15, 0.2) is 10.8 Å². The minimum Gasteiger partial charge on any atom is -0.453 e. The Kier molecular flexibility index (Phi) is 4.14. The first-order chi connectivity index (χ1) is 14.2. The first-order valence-corrected chi connectivity index (χ1v) is 9.55. The SMILES string of the molecule is O=C(Cn1cnc2ccccc2c1=O)Nc1nnc(-c2cc3ccccc3o2)s1. The first-order valence-electron chi connectivity index (χ1n) is 8.74. The quantitative estimate of drug-likeness (QED) is 0.494. The van der Waals surface area contributed by atoms with Crippen LogP contribution in [0, 0.1) is 0 Å². The van der Waals surface area contributed by atoms with Gasteiger partial charge >= 0.3 is 0 Å². The summed E-state index contributed by atoms with van der Waals surface area (Å²) in [4.78, 5) is 29.1. The third-order valence-electron chi connectivity index (χ3n) is 4.35. The van der Waals surface area contributed by atoms with E-state index >= 15 is 0 Å². The molecule has 142 valence electrons. The fourth-order valence-corrected chi connectivity index (χ4v) is 3.71.